The Labute approximate surface area is 256 Å². The summed E-state index contributed by atoms with van der Waals surface area (Å²) in [5.74, 6) is -0.0706. The average Bonchev–Trinajstić information content (AvgIpc) is 2.99. The number of ether oxygens (including phenoxy) is 2. The van der Waals surface area contributed by atoms with Gasteiger partial charge in [-0.1, -0.05) is 24.3 Å². The van der Waals surface area contributed by atoms with Gasteiger partial charge in [-0.2, -0.15) is 12.7 Å². The number of carbonyl (C=O) groups is 2. The Morgan fingerprint density at radius 2 is 1.64 bits per heavy atom. The molecule has 4 rings (SSSR count). The molecule has 2 amide bonds. The number of piperidine rings is 1. The molecule has 0 spiro atoms. The standard InChI is InChI=1S/C30H37N7O6S/c1-3-42-30(39)37(19-28(32)38)44(40,41)36(18-21-4-5-22-6-7-23(29(33)34)17-24(22)16-21)25-8-10-26(11-9-25)43-27-12-14-35(15-13-27)20(2)31/h4-11,16-17,27,31H,3,12-15,18-19H2,1-2H3,(H2,32,38)(H3,33,34). The minimum absolute atomic E-state index is 0.0522. The zero-order chi connectivity index (χ0) is 32.0. The number of nitrogens with two attached hydrogens (primary N) is 2. The summed E-state index contributed by atoms with van der Waals surface area (Å²) in [5.41, 5.74) is 12.3. The first-order valence-electron chi connectivity index (χ1n) is 14.1. The molecular formula is C30H37N7O6S. The van der Waals surface area contributed by atoms with Gasteiger partial charge in [-0.05, 0) is 66.6 Å². The Morgan fingerprint density at radius 1 is 0.977 bits per heavy atom. The number of benzene rings is 3. The molecular weight excluding hydrogens is 586 g/mol. The minimum Gasteiger partial charge on any atom is -0.490 e. The van der Waals surface area contributed by atoms with Crippen LogP contribution in [0.1, 0.15) is 37.8 Å². The fourth-order valence-corrected chi connectivity index (χ4v) is 6.39. The monoisotopic (exact) mass is 623 g/mol. The number of nitrogen functional groups attached to an aromatic ring is 1. The predicted octanol–water partition coefficient (Wildman–Crippen LogP) is 3.16. The van der Waals surface area contributed by atoms with Gasteiger partial charge in [0.05, 0.1) is 24.7 Å². The van der Waals surface area contributed by atoms with Crippen LogP contribution in [0.3, 0.4) is 0 Å². The van der Waals surface area contributed by atoms with E-state index in [2.05, 4.69) is 0 Å². The Bertz CT molecular complexity index is 1650. The zero-order valence-corrected chi connectivity index (χ0v) is 25.5. The Morgan fingerprint density at radius 3 is 2.23 bits per heavy atom. The number of nitrogens with one attached hydrogen (secondary N) is 2. The van der Waals surface area contributed by atoms with Crippen LogP contribution in [0.2, 0.25) is 0 Å². The average molecular weight is 624 g/mol. The van der Waals surface area contributed by atoms with Crippen LogP contribution in [0.4, 0.5) is 10.5 Å². The largest absolute Gasteiger partial charge is 0.490 e. The summed E-state index contributed by atoms with van der Waals surface area (Å²) in [7, 11) is -4.69. The van der Waals surface area contributed by atoms with Crippen molar-refractivity contribution in [2.75, 3.05) is 30.5 Å². The number of likely N-dealkylation sites (tertiary alicyclic amines) is 1. The van der Waals surface area contributed by atoms with Gasteiger partial charge in [-0.25, -0.2) is 9.10 Å². The maximum absolute atomic E-state index is 14.0. The van der Waals surface area contributed by atoms with E-state index in [0.29, 0.717) is 40.1 Å². The highest BCUT2D eigenvalue weighted by Crippen LogP contribution is 2.29. The lowest BCUT2D eigenvalue weighted by Gasteiger charge is -2.33. The van der Waals surface area contributed by atoms with Crippen LogP contribution in [0.25, 0.3) is 10.8 Å². The third-order valence-electron chi connectivity index (χ3n) is 7.21. The fraction of sp³-hybridized carbons (Fsp3) is 0.333. The van der Waals surface area contributed by atoms with Gasteiger partial charge in [0.25, 0.3) is 0 Å². The molecule has 1 aliphatic heterocycles. The van der Waals surface area contributed by atoms with Crippen LogP contribution in [0.15, 0.2) is 60.7 Å². The second-order valence-corrected chi connectivity index (χ2v) is 12.2. The molecule has 234 valence electrons. The van der Waals surface area contributed by atoms with Crippen LogP contribution >= 0.6 is 0 Å². The lowest BCUT2D eigenvalue weighted by atomic mass is 10.0. The van der Waals surface area contributed by atoms with Crippen molar-refractivity contribution in [2.45, 2.75) is 39.3 Å². The molecule has 1 aliphatic rings. The SMILES string of the molecule is CCOC(=O)N(CC(N)=O)S(=O)(=O)N(Cc1ccc2ccc(C(=N)N)cc2c1)c1ccc(OC2CCN(C(C)=N)CC2)cc1. The van der Waals surface area contributed by atoms with Gasteiger partial charge in [0, 0.05) is 31.5 Å². The number of hydrogen-bond donors (Lipinski definition) is 4. The van der Waals surface area contributed by atoms with Crippen molar-refractivity contribution in [2.24, 2.45) is 11.5 Å². The number of fused-ring (bicyclic) bond motifs is 1. The molecule has 3 aromatic rings. The summed E-state index contributed by atoms with van der Waals surface area (Å²) in [6.07, 6.45) is 0.205. The topological polar surface area (TPSA) is 196 Å². The summed E-state index contributed by atoms with van der Waals surface area (Å²) < 4.78 is 40.5. The van der Waals surface area contributed by atoms with Gasteiger partial charge in [0.2, 0.25) is 5.91 Å². The highest BCUT2D eigenvalue weighted by molar-refractivity contribution is 7.91. The zero-order valence-electron chi connectivity index (χ0n) is 24.7. The number of nitrogens with zero attached hydrogens (tertiary/aromatic N) is 3. The number of hydrogen-bond acceptors (Lipinski definition) is 8. The summed E-state index contributed by atoms with van der Waals surface area (Å²) >= 11 is 0. The molecule has 0 radical (unpaired) electrons. The number of anilines is 1. The maximum Gasteiger partial charge on any atom is 0.425 e. The minimum atomic E-state index is -4.69. The lowest BCUT2D eigenvalue weighted by Crippen LogP contribution is -2.50. The first kappa shape index (κ1) is 32.1. The molecule has 0 atom stereocenters. The van der Waals surface area contributed by atoms with Gasteiger partial charge < -0.3 is 25.8 Å². The Hall–Kier alpha value is -4.85. The van der Waals surface area contributed by atoms with E-state index in [1.807, 2.05) is 17.0 Å². The summed E-state index contributed by atoms with van der Waals surface area (Å²) in [6.45, 7) is 3.47. The van der Waals surface area contributed by atoms with Gasteiger partial charge in [0.1, 0.15) is 24.2 Å². The van der Waals surface area contributed by atoms with Crippen LogP contribution < -0.4 is 20.5 Å². The molecule has 0 unspecified atom stereocenters. The van der Waals surface area contributed by atoms with E-state index in [0.717, 1.165) is 27.9 Å². The second kappa shape index (κ2) is 13.6. The number of primary amides is 1. The van der Waals surface area contributed by atoms with E-state index in [9.17, 15) is 18.0 Å². The van der Waals surface area contributed by atoms with Crippen molar-refractivity contribution < 1.29 is 27.5 Å². The smallest absolute Gasteiger partial charge is 0.425 e. The summed E-state index contributed by atoms with van der Waals surface area (Å²) in [6, 6.07) is 17.0. The van der Waals surface area contributed by atoms with Crippen LogP contribution in [0.5, 0.6) is 5.75 Å². The van der Waals surface area contributed by atoms with Gasteiger partial charge in [-0.3, -0.25) is 15.6 Å². The highest BCUT2D eigenvalue weighted by Gasteiger charge is 2.36. The summed E-state index contributed by atoms with van der Waals surface area (Å²) in [5, 5.41) is 17.2. The van der Waals surface area contributed by atoms with E-state index in [1.54, 1.807) is 55.5 Å². The number of rotatable bonds is 11. The van der Waals surface area contributed by atoms with Crippen molar-refractivity contribution in [1.82, 2.24) is 9.21 Å². The molecule has 6 N–H and O–H groups in total. The van der Waals surface area contributed by atoms with Gasteiger partial charge >= 0.3 is 16.3 Å². The van der Waals surface area contributed by atoms with E-state index < -0.39 is 28.8 Å². The molecule has 1 heterocycles. The molecule has 14 heteroatoms. The predicted molar refractivity (Wildman–Crippen MR) is 168 cm³/mol. The lowest BCUT2D eigenvalue weighted by molar-refractivity contribution is -0.118. The first-order chi connectivity index (χ1) is 20.9. The van der Waals surface area contributed by atoms with Crippen LogP contribution in [0, 0.1) is 10.8 Å². The van der Waals surface area contributed by atoms with E-state index in [4.69, 9.17) is 31.8 Å². The quantitative estimate of drug-likeness (QED) is 0.185. The Kier molecular flexibility index (Phi) is 9.94. The third kappa shape index (κ3) is 7.56. The highest BCUT2D eigenvalue weighted by atomic mass is 32.2. The van der Waals surface area contributed by atoms with Crippen molar-refractivity contribution in [3.8, 4) is 5.75 Å². The van der Waals surface area contributed by atoms with Crippen LogP contribution in [-0.4, -0.2) is 73.6 Å². The molecule has 13 nitrogen and oxygen atoms in total. The van der Waals surface area contributed by atoms with Gasteiger partial charge in [-0.15, -0.1) is 0 Å². The third-order valence-corrected chi connectivity index (χ3v) is 8.95. The van der Waals surface area contributed by atoms with E-state index in [-0.39, 0.29) is 30.8 Å². The molecule has 0 aliphatic carbocycles. The van der Waals surface area contributed by atoms with Gasteiger partial charge in [0.15, 0.2) is 0 Å². The molecule has 0 saturated carbocycles. The number of amides is 2. The van der Waals surface area contributed by atoms with E-state index in [1.165, 1.54) is 6.92 Å². The van der Waals surface area contributed by atoms with Crippen molar-refractivity contribution in [3.05, 3.63) is 71.8 Å². The maximum atomic E-state index is 14.0. The van der Waals surface area contributed by atoms with Crippen molar-refractivity contribution in [3.63, 3.8) is 0 Å². The Balaban J connectivity index is 1.68. The second-order valence-electron chi connectivity index (χ2n) is 10.4. The number of amidine groups is 2. The molecule has 0 bridgehead atoms. The fourth-order valence-electron chi connectivity index (χ4n) is 4.92. The first-order valence-corrected chi connectivity index (χ1v) is 15.5. The molecule has 44 heavy (non-hydrogen) atoms. The summed E-state index contributed by atoms with van der Waals surface area (Å²) in [4.78, 5) is 26.6. The normalized spacial score (nSPS) is 13.7. The number of carbonyl (C=O) groups excluding carboxylic acids is 2. The molecule has 0 aromatic heterocycles. The molecule has 1 fully saturated rings. The molecule has 1 saturated heterocycles. The van der Waals surface area contributed by atoms with Crippen molar-refractivity contribution >= 4 is 50.3 Å². The van der Waals surface area contributed by atoms with Crippen molar-refractivity contribution in [1.29, 1.82) is 10.8 Å². The van der Waals surface area contributed by atoms with E-state index >= 15 is 0 Å². The molecule has 3 aromatic carbocycles. The van der Waals surface area contributed by atoms with Crippen LogP contribution in [-0.2, 0) is 26.3 Å².